The van der Waals surface area contributed by atoms with Crippen molar-refractivity contribution < 1.29 is 8.42 Å². The van der Waals surface area contributed by atoms with E-state index in [1.165, 1.54) is 0 Å². The first-order valence-electron chi connectivity index (χ1n) is 6.08. The molecule has 0 aromatic heterocycles. The molecule has 112 valence electrons. The third-order valence-electron chi connectivity index (χ3n) is 2.61. The van der Waals surface area contributed by atoms with Crippen LogP contribution in [-0.4, -0.2) is 14.7 Å². The third kappa shape index (κ3) is 5.46. The predicted molar refractivity (Wildman–Crippen MR) is 88.7 cm³/mol. The van der Waals surface area contributed by atoms with Crippen molar-refractivity contribution in [3.05, 3.63) is 58.1 Å². The van der Waals surface area contributed by atoms with Crippen LogP contribution >= 0.6 is 23.2 Å². The van der Waals surface area contributed by atoms with Crippen molar-refractivity contribution in [2.24, 2.45) is 0 Å². The molecule has 0 aliphatic carbocycles. The average molecular weight is 345 g/mol. The van der Waals surface area contributed by atoms with E-state index in [4.69, 9.17) is 23.2 Å². The molecular formula is C14H14Cl2N2O2S. The lowest BCUT2D eigenvalue weighted by Gasteiger charge is -2.09. The van der Waals surface area contributed by atoms with Crippen LogP contribution in [0.3, 0.4) is 0 Å². The highest BCUT2D eigenvalue weighted by atomic mass is 35.5. The van der Waals surface area contributed by atoms with E-state index in [1.807, 2.05) is 12.1 Å². The molecule has 2 N–H and O–H groups in total. The highest BCUT2D eigenvalue weighted by molar-refractivity contribution is 7.92. The molecule has 0 bridgehead atoms. The van der Waals surface area contributed by atoms with Crippen LogP contribution < -0.4 is 10.0 Å². The van der Waals surface area contributed by atoms with Gasteiger partial charge in [0.1, 0.15) is 0 Å². The number of nitrogens with one attached hydrogen (secondary N) is 2. The quantitative estimate of drug-likeness (QED) is 0.862. The third-order valence-corrected chi connectivity index (χ3v) is 3.65. The monoisotopic (exact) mass is 344 g/mol. The van der Waals surface area contributed by atoms with E-state index in [9.17, 15) is 8.42 Å². The van der Waals surface area contributed by atoms with E-state index in [1.54, 1.807) is 30.3 Å². The maximum Gasteiger partial charge on any atom is 0.229 e. The molecule has 0 amide bonds. The van der Waals surface area contributed by atoms with Gasteiger partial charge in [-0.05, 0) is 48.0 Å². The minimum absolute atomic E-state index is 0.522. The molecule has 2 aromatic rings. The summed E-state index contributed by atoms with van der Waals surface area (Å²) in [6.45, 7) is 0.569. The van der Waals surface area contributed by atoms with Gasteiger partial charge in [-0.15, -0.1) is 0 Å². The van der Waals surface area contributed by atoms with Gasteiger partial charge in [0, 0.05) is 28.0 Å². The van der Waals surface area contributed by atoms with Gasteiger partial charge in [0.25, 0.3) is 0 Å². The maximum atomic E-state index is 11.1. The fourth-order valence-electron chi connectivity index (χ4n) is 1.79. The zero-order valence-electron chi connectivity index (χ0n) is 11.2. The molecule has 4 nitrogen and oxygen atoms in total. The number of benzene rings is 2. The number of halogens is 2. The Hall–Kier alpha value is -1.43. The van der Waals surface area contributed by atoms with Crippen molar-refractivity contribution in [3.8, 4) is 0 Å². The van der Waals surface area contributed by atoms with Crippen molar-refractivity contribution in [2.75, 3.05) is 16.3 Å². The van der Waals surface area contributed by atoms with Crippen LogP contribution in [0.4, 0.5) is 11.4 Å². The van der Waals surface area contributed by atoms with Gasteiger partial charge in [-0.3, -0.25) is 4.72 Å². The molecule has 0 aliphatic rings. The molecule has 0 spiro atoms. The summed E-state index contributed by atoms with van der Waals surface area (Å²) in [5.41, 5.74) is 2.35. The molecule has 2 rings (SSSR count). The van der Waals surface area contributed by atoms with Crippen LogP contribution in [0.5, 0.6) is 0 Å². The maximum absolute atomic E-state index is 11.1. The van der Waals surface area contributed by atoms with Crippen molar-refractivity contribution >= 4 is 44.6 Å². The van der Waals surface area contributed by atoms with Crippen LogP contribution in [0.25, 0.3) is 0 Å². The largest absolute Gasteiger partial charge is 0.381 e. The fourth-order valence-corrected chi connectivity index (χ4v) is 2.92. The summed E-state index contributed by atoms with van der Waals surface area (Å²) in [6.07, 6.45) is 1.11. The Morgan fingerprint density at radius 3 is 2.00 bits per heavy atom. The van der Waals surface area contributed by atoms with E-state index in [-0.39, 0.29) is 0 Å². The number of anilines is 2. The highest BCUT2D eigenvalue weighted by Gasteiger charge is 2.02. The van der Waals surface area contributed by atoms with Gasteiger partial charge in [-0.25, -0.2) is 8.42 Å². The van der Waals surface area contributed by atoms with E-state index in [0.29, 0.717) is 22.3 Å². The van der Waals surface area contributed by atoms with Gasteiger partial charge in [0.05, 0.1) is 6.26 Å². The summed E-state index contributed by atoms with van der Waals surface area (Å²) in [6, 6.07) is 12.3. The standard InChI is InChI=1S/C14H14Cl2N2O2S/c1-21(19,20)18-14-4-2-13(3-5-14)17-9-10-6-11(15)8-12(16)7-10/h2-8,17-18H,9H2,1H3. The predicted octanol–water partition coefficient (Wildman–Crippen LogP) is 3.98. The summed E-state index contributed by atoms with van der Waals surface area (Å²) in [4.78, 5) is 0. The molecule has 0 radical (unpaired) electrons. The van der Waals surface area contributed by atoms with Crippen LogP contribution in [0.2, 0.25) is 10.0 Å². The molecule has 21 heavy (non-hydrogen) atoms. The zero-order chi connectivity index (χ0) is 15.5. The van der Waals surface area contributed by atoms with Crippen molar-refractivity contribution in [3.63, 3.8) is 0 Å². The van der Waals surface area contributed by atoms with E-state index < -0.39 is 10.0 Å². The molecule has 0 fully saturated rings. The number of sulfonamides is 1. The first-order chi connectivity index (χ1) is 9.82. The van der Waals surface area contributed by atoms with E-state index in [2.05, 4.69) is 10.0 Å². The Bertz CT molecular complexity index is 711. The molecule has 0 heterocycles. The van der Waals surface area contributed by atoms with Gasteiger partial charge >= 0.3 is 0 Å². The lowest BCUT2D eigenvalue weighted by molar-refractivity contribution is 0.607. The van der Waals surface area contributed by atoms with Crippen LogP contribution in [0, 0.1) is 0 Å². The lowest BCUT2D eigenvalue weighted by atomic mass is 10.2. The fraction of sp³-hybridized carbons (Fsp3) is 0.143. The van der Waals surface area contributed by atoms with Crippen molar-refractivity contribution in [2.45, 2.75) is 6.54 Å². The summed E-state index contributed by atoms with van der Waals surface area (Å²) in [5, 5.41) is 4.39. The molecule has 2 aromatic carbocycles. The number of hydrogen-bond donors (Lipinski definition) is 2. The summed E-state index contributed by atoms with van der Waals surface area (Å²) in [7, 11) is -3.25. The SMILES string of the molecule is CS(=O)(=O)Nc1ccc(NCc2cc(Cl)cc(Cl)c2)cc1. The Labute approximate surface area is 134 Å². The molecule has 0 unspecified atom stereocenters. The van der Waals surface area contributed by atoms with Crippen molar-refractivity contribution in [1.82, 2.24) is 0 Å². The van der Waals surface area contributed by atoms with Gasteiger partial charge in [-0.2, -0.15) is 0 Å². The summed E-state index contributed by atoms with van der Waals surface area (Å²) >= 11 is 11.9. The highest BCUT2D eigenvalue weighted by Crippen LogP contribution is 2.20. The molecule has 0 atom stereocenters. The second-order valence-electron chi connectivity index (χ2n) is 4.58. The molecule has 0 saturated carbocycles. The van der Waals surface area contributed by atoms with Gasteiger partial charge in [-0.1, -0.05) is 23.2 Å². The van der Waals surface area contributed by atoms with Gasteiger partial charge in [0.2, 0.25) is 10.0 Å². The molecule has 7 heteroatoms. The topological polar surface area (TPSA) is 58.2 Å². The Kier molecular flexibility index (Phi) is 4.98. The van der Waals surface area contributed by atoms with Gasteiger partial charge < -0.3 is 5.32 Å². The van der Waals surface area contributed by atoms with E-state index in [0.717, 1.165) is 17.5 Å². The summed E-state index contributed by atoms with van der Waals surface area (Å²) < 4.78 is 24.6. The summed E-state index contributed by atoms with van der Waals surface area (Å²) in [5.74, 6) is 0. The zero-order valence-corrected chi connectivity index (χ0v) is 13.6. The Balaban J connectivity index is 2.00. The van der Waals surface area contributed by atoms with E-state index >= 15 is 0 Å². The Morgan fingerprint density at radius 2 is 1.48 bits per heavy atom. The number of hydrogen-bond acceptors (Lipinski definition) is 3. The van der Waals surface area contributed by atoms with Crippen LogP contribution in [-0.2, 0) is 16.6 Å². The Morgan fingerprint density at radius 1 is 0.952 bits per heavy atom. The lowest BCUT2D eigenvalue weighted by Crippen LogP contribution is -2.09. The minimum atomic E-state index is -3.25. The number of rotatable bonds is 5. The molecule has 0 aliphatic heterocycles. The first kappa shape index (κ1) is 15.9. The average Bonchev–Trinajstić information content (AvgIpc) is 2.35. The second kappa shape index (κ2) is 6.56. The van der Waals surface area contributed by atoms with Crippen molar-refractivity contribution in [1.29, 1.82) is 0 Å². The normalized spacial score (nSPS) is 11.2. The smallest absolute Gasteiger partial charge is 0.229 e. The van der Waals surface area contributed by atoms with Crippen LogP contribution in [0.1, 0.15) is 5.56 Å². The molecular weight excluding hydrogens is 331 g/mol. The molecule has 0 saturated heterocycles. The van der Waals surface area contributed by atoms with Crippen LogP contribution in [0.15, 0.2) is 42.5 Å². The first-order valence-corrected chi connectivity index (χ1v) is 8.73. The second-order valence-corrected chi connectivity index (χ2v) is 7.20. The minimum Gasteiger partial charge on any atom is -0.381 e. The van der Waals surface area contributed by atoms with Gasteiger partial charge in [0.15, 0.2) is 0 Å².